The van der Waals surface area contributed by atoms with Crippen molar-refractivity contribution in [3.05, 3.63) is 59.7 Å². The summed E-state index contributed by atoms with van der Waals surface area (Å²) in [6.07, 6.45) is 5.43. The average molecular weight is 397 g/mol. The molecule has 0 atom stereocenters. The number of piperazine rings is 1. The van der Waals surface area contributed by atoms with E-state index in [0.717, 1.165) is 57.2 Å². The van der Waals surface area contributed by atoms with Crippen molar-refractivity contribution in [2.45, 2.75) is 6.42 Å². The lowest BCUT2D eigenvalue weighted by atomic mass is 10.1. The third-order valence-electron chi connectivity index (χ3n) is 5.38. The molecule has 0 aromatic heterocycles. The molecule has 1 heterocycles. The van der Waals surface area contributed by atoms with Gasteiger partial charge in [0, 0.05) is 39.3 Å². The van der Waals surface area contributed by atoms with E-state index in [1.807, 2.05) is 12.1 Å². The van der Waals surface area contributed by atoms with Gasteiger partial charge < -0.3 is 19.1 Å². The third-order valence-corrected chi connectivity index (χ3v) is 5.38. The van der Waals surface area contributed by atoms with E-state index in [0.29, 0.717) is 5.75 Å². The van der Waals surface area contributed by atoms with Crippen molar-refractivity contribution in [2.75, 3.05) is 60.6 Å². The van der Waals surface area contributed by atoms with Gasteiger partial charge in [-0.25, -0.2) is 0 Å². The molecule has 0 N–H and O–H groups in total. The topological polar surface area (TPSA) is 34.2 Å². The van der Waals surface area contributed by atoms with Crippen molar-refractivity contribution in [2.24, 2.45) is 0 Å². The van der Waals surface area contributed by atoms with Crippen molar-refractivity contribution in [3.63, 3.8) is 0 Å². The Morgan fingerprint density at radius 1 is 0.828 bits per heavy atom. The minimum atomic E-state index is 0.649. The SMILES string of the molecule is COc1cc(CCN2CCN(C/C=C\c3ccccc3)CC2)cc(OC)c1OC. The normalized spacial score (nSPS) is 15.6. The number of hydrogen-bond donors (Lipinski definition) is 0. The van der Waals surface area contributed by atoms with Crippen molar-refractivity contribution >= 4 is 6.08 Å². The summed E-state index contributed by atoms with van der Waals surface area (Å²) in [5.74, 6) is 2.09. The lowest BCUT2D eigenvalue weighted by molar-refractivity contribution is 0.144. The Morgan fingerprint density at radius 2 is 1.45 bits per heavy atom. The lowest BCUT2D eigenvalue weighted by Gasteiger charge is -2.34. The summed E-state index contributed by atoms with van der Waals surface area (Å²) in [6, 6.07) is 14.6. The van der Waals surface area contributed by atoms with Gasteiger partial charge in [0.05, 0.1) is 21.3 Å². The Bertz CT molecular complexity index is 759. The van der Waals surface area contributed by atoms with Crippen LogP contribution in [-0.4, -0.2) is 70.4 Å². The molecule has 1 aliphatic heterocycles. The fourth-order valence-corrected chi connectivity index (χ4v) is 3.66. The Labute approximate surface area is 174 Å². The van der Waals surface area contributed by atoms with Crippen molar-refractivity contribution in [1.82, 2.24) is 9.80 Å². The fraction of sp³-hybridized carbons (Fsp3) is 0.417. The van der Waals surface area contributed by atoms with Gasteiger partial charge >= 0.3 is 0 Å². The molecule has 0 amide bonds. The molecule has 0 spiro atoms. The molecule has 0 radical (unpaired) electrons. The first-order chi connectivity index (χ1) is 14.2. The molecule has 3 rings (SSSR count). The summed E-state index contributed by atoms with van der Waals surface area (Å²) in [4.78, 5) is 5.04. The first kappa shape index (κ1) is 21.2. The minimum absolute atomic E-state index is 0.649. The molecule has 1 fully saturated rings. The maximum absolute atomic E-state index is 5.46. The van der Waals surface area contributed by atoms with Crippen LogP contribution in [0.2, 0.25) is 0 Å². The standard InChI is InChI=1S/C24H32N2O3/c1-27-22-18-21(19-23(28-2)24(22)29-3)11-13-26-16-14-25(15-17-26)12-7-10-20-8-5-4-6-9-20/h4-10,18-19H,11-17H2,1-3H3/b10-7-. The lowest BCUT2D eigenvalue weighted by Crippen LogP contribution is -2.46. The van der Waals surface area contributed by atoms with Crippen LogP contribution in [0.15, 0.2) is 48.5 Å². The number of hydrogen-bond acceptors (Lipinski definition) is 5. The monoisotopic (exact) mass is 396 g/mol. The molecule has 1 aliphatic rings. The second-order valence-electron chi connectivity index (χ2n) is 7.24. The summed E-state index contributed by atoms with van der Waals surface area (Å²) < 4.78 is 16.3. The second-order valence-corrected chi connectivity index (χ2v) is 7.24. The van der Waals surface area contributed by atoms with Gasteiger partial charge in [-0.1, -0.05) is 42.5 Å². The number of benzene rings is 2. The quantitative estimate of drug-likeness (QED) is 0.647. The Hall–Kier alpha value is -2.50. The van der Waals surface area contributed by atoms with E-state index in [1.54, 1.807) is 21.3 Å². The molecule has 2 aromatic carbocycles. The molecular weight excluding hydrogens is 364 g/mol. The summed E-state index contributed by atoms with van der Waals surface area (Å²) >= 11 is 0. The van der Waals surface area contributed by atoms with Crippen LogP contribution in [0.5, 0.6) is 17.2 Å². The molecule has 0 saturated carbocycles. The van der Waals surface area contributed by atoms with Gasteiger partial charge in [-0.2, -0.15) is 0 Å². The Morgan fingerprint density at radius 3 is 2.03 bits per heavy atom. The summed E-state index contributed by atoms with van der Waals surface area (Å²) in [7, 11) is 4.95. The molecule has 156 valence electrons. The smallest absolute Gasteiger partial charge is 0.203 e. The predicted octanol–water partition coefficient (Wildman–Crippen LogP) is 3.59. The first-order valence-electron chi connectivity index (χ1n) is 10.2. The molecule has 2 aromatic rings. The number of rotatable bonds is 9. The largest absolute Gasteiger partial charge is 0.493 e. The van der Waals surface area contributed by atoms with E-state index in [2.05, 4.69) is 52.3 Å². The molecule has 0 bridgehead atoms. The highest BCUT2D eigenvalue weighted by Crippen LogP contribution is 2.38. The maximum atomic E-state index is 5.46. The number of ether oxygens (including phenoxy) is 3. The highest BCUT2D eigenvalue weighted by Gasteiger charge is 2.17. The number of methoxy groups -OCH3 is 3. The van der Waals surface area contributed by atoms with Gasteiger partial charge in [0.25, 0.3) is 0 Å². The van der Waals surface area contributed by atoms with Crippen LogP contribution in [-0.2, 0) is 6.42 Å². The van der Waals surface area contributed by atoms with Gasteiger partial charge in [0.2, 0.25) is 5.75 Å². The van der Waals surface area contributed by atoms with Crippen molar-refractivity contribution in [1.29, 1.82) is 0 Å². The molecular formula is C24H32N2O3. The fourth-order valence-electron chi connectivity index (χ4n) is 3.66. The van der Waals surface area contributed by atoms with E-state index in [4.69, 9.17) is 14.2 Å². The van der Waals surface area contributed by atoms with Gasteiger partial charge in [-0.3, -0.25) is 4.90 Å². The van der Waals surface area contributed by atoms with Crippen LogP contribution < -0.4 is 14.2 Å². The Kier molecular flexibility index (Phi) is 7.96. The number of nitrogens with zero attached hydrogens (tertiary/aromatic N) is 2. The van der Waals surface area contributed by atoms with Crippen molar-refractivity contribution in [3.8, 4) is 17.2 Å². The molecule has 0 aliphatic carbocycles. The van der Waals surface area contributed by atoms with Crippen LogP contribution in [0.4, 0.5) is 0 Å². The first-order valence-corrected chi connectivity index (χ1v) is 10.2. The summed E-state index contributed by atoms with van der Waals surface area (Å²) in [6.45, 7) is 6.46. The highest BCUT2D eigenvalue weighted by atomic mass is 16.5. The van der Waals surface area contributed by atoms with Gasteiger partial charge in [-0.15, -0.1) is 0 Å². The van der Waals surface area contributed by atoms with Gasteiger partial charge in [0.1, 0.15) is 0 Å². The van der Waals surface area contributed by atoms with E-state index < -0.39 is 0 Å². The van der Waals surface area contributed by atoms with Crippen LogP contribution in [0.3, 0.4) is 0 Å². The average Bonchev–Trinajstić information content (AvgIpc) is 2.78. The molecule has 0 unspecified atom stereocenters. The summed E-state index contributed by atoms with van der Waals surface area (Å²) in [5, 5.41) is 0. The second kappa shape index (κ2) is 10.9. The summed E-state index contributed by atoms with van der Waals surface area (Å²) in [5.41, 5.74) is 2.46. The zero-order valence-corrected chi connectivity index (χ0v) is 17.8. The van der Waals surface area contributed by atoms with Crippen LogP contribution in [0, 0.1) is 0 Å². The zero-order valence-electron chi connectivity index (χ0n) is 17.8. The molecule has 29 heavy (non-hydrogen) atoms. The zero-order chi connectivity index (χ0) is 20.5. The minimum Gasteiger partial charge on any atom is -0.493 e. The molecule has 1 saturated heterocycles. The van der Waals surface area contributed by atoms with E-state index in [1.165, 1.54) is 11.1 Å². The van der Waals surface area contributed by atoms with E-state index in [9.17, 15) is 0 Å². The van der Waals surface area contributed by atoms with Crippen molar-refractivity contribution < 1.29 is 14.2 Å². The Balaban J connectivity index is 1.46. The van der Waals surface area contributed by atoms with Crippen LogP contribution >= 0.6 is 0 Å². The van der Waals surface area contributed by atoms with Crippen LogP contribution in [0.1, 0.15) is 11.1 Å². The third kappa shape index (κ3) is 5.99. The maximum Gasteiger partial charge on any atom is 0.203 e. The van der Waals surface area contributed by atoms with E-state index in [-0.39, 0.29) is 0 Å². The predicted molar refractivity (Wildman–Crippen MR) is 118 cm³/mol. The van der Waals surface area contributed by atoms with Gasteiger partial charge in [-0.05, 0) is 29.7 Å². The van der Waals surface area contributed by atoms with E-state index >= 15 is 0 Å². The molecule has 5 heteroatoms. The van der Waals surface area contributed by atoms with Gasteiger partial charge in [0.15, 0.2) is 11.5 Å². The highest BCUT2D eigenvalue weighted by molar-refractivity contribution is 5.54. The van der Waals surface area contributed by atoms with Crippen LogP contribution in [0.25, 0.3) is 6.08 Å². The molecule has 5 nitrogen and oxygen atoms in total.